The van der Waals surface area contributed by atoms with Crippen molar-refractivity contribution in [3.8, 4) is 17.2 Å². The maximum absolute atomic E-state index is 13.2. The van der Waals surface area contributed by atoms with Crippen molar-refractivity contribution < 1.29 is 57.1 Å². The molecule has 8 N–H and O–H groups in total. The highest BCUT2D eigenvalue weighted by Crippen LogP contribution is 2.33. The number of ketones is 2. The molecule has 0 radical (unpaired) electrons. The summed E-state index contributed by atoms with van der Waals surface area (Å²) in [6, 6.07) is 42.1. The molecular formula is C100H102BrI2N13O12. The number of halogens is 3. The molecule has 5 aliphatic rings. The van der Waals surface area contributed by atoms with Gasteiger partial charge in [0.15, 0.2) is 0 Å². The zero-order valence-corrected chi connectivity index (χ0v) is 80.4. The molecule has 0 saturated carbocycles. The third-order valence-electron chi connectivity index (χ3n) is 22.2. The fourth-order valence-electron chi connectivity index (χ4n) is 16.2. The number of nitrogens with zero attached hydrogens (tertiary/aromatic N) is 5. The third-order valence-corrected chi connectivity index (χ3v) is 25.4. The first-order chi connectivity index (χ1) is 61.4. The highest BCUT2D eigenvalue weighted by molar-refractivity contribution is 14.1. The molecule has 128 heavy (non-hydrogen) atoms. The lowest BCUT2D eigenvalue weighted by Gasteiger charge is -2.20. The highest BCUT2D eigenvalue weighted by atomic mass is 127. The van der Waals surface area contributed by atoms with Crippen LogP contribution in [0.15, 0.2) is 169 Å². The molecule has 0 amide bonds. The van der Waals surface area contributed by atoms with Crippen molar-refractivity contribution in [2.45, 2.75) is 134 Å². The number of aromatic nitrogens is 8. The minimum Gasteiger partial charge on any atom is -0.494 e. The summed E-state index contributed by atoms with van der Waals surface area (Å²) in [5.41, 5.74) is 17.9. The smallest absolute Gasteiger partial charge is 0.419 e. The maximum atomic E-state index is 13.2. The van der Waals surface area contributed by atoms with Crippen molar-refractivity contribution in [2.75, 3.05) is 47.7 Å². The van der Waals surface area contributed by atoms with Crippen LogP contribution in [0.2, 0.25) is 0 Å². The Labute approximate surface area is 774 Å². The summed E-state index contributed by atoms with van der Waals surface area (Å²) in [5, 5.41) is 15.0. The van der Waals surface area contributed by atoms with E-state index in [9.17, 15) is 24.0 Å². The van der Waals surface area contributed by atoms with Gasteiger partial charge in [-0.1, -0.05) is 70.5 Å². The number of hydrogen-bond donors (Lipinski definition) is 8. The first-order valence-electron chi connectivity index (χ1n) is 42.3. The average molecular weight is 2010 g/mol. The second-order valence-electron chi connectivity index (χ2n) is 32.3. The molecule has 25 nitrogen and oxygen atoms in total. The van der Waals surface area contributed by atoms with Crippen molar-refractivity contribution in [1.29, 1.82) is 0 Å². The predicted octanol–water partition coefficient (Wildman–Crippen LogP) is 11.5. The van der Waals surface area contributed by atoms with Crippen molar-refractivity contribution in [1.82, 2.24) is 44.8 Å². The Bertz CT molecular complexity index is 7430. The first kappa shape index (κ1) is 91.8. The fraction of sp³-hybridized carbons (Fsp3) is 0.270. The monoisotopic (exact) mass is 2010 g/mol. The maximum Gasteiger partial charge on any atom is 0.419 e. The third kappa shape index (κ3) is 19.8. The largest absolute Gasteiger partial charge is 0.494 e. The summed E-state index contributed by atoms with van der Waals surface area (Å²) >= 11 is 8.25. The number of para-hydroxylation sites is 3. The zero-order valence-electron chi connectivity index (χ0n) is 74.5. The molecule has 0 bridgehead atoms. The molecule has 4 aromatic carbocycles. The van der Waals surface area contributed by atoms with Crippen LogP contribution < -0.4 is 83.3 Å². The number of allylic oxidation sites excluding steroid dienone is 1. The molecule has 1 saturated heterocycles. The van der Waals surface area contributed by atoms with E-state index in [-0.39, 0.29) is 30.0 Å². The number of H-pyrrole nitrogens is 7. The predicted molar refractivity (Wildman–Crippen MR) is 519 cm³/mol. The van der Waals surface area contributed by atoms with Gasteiger partial charge in [-0.3, -0.25) is 9.59 Å². The Morgan fingerprint density at radius 3 is 1.64 bits per heavy atom. The Morgan fingerprint density at radius 2 is 1.08 bits per heavy atom. The van der Waals surface area contributed by atoms with Gasteiger partial charge in [0, 0.05) is 105 Å². The lowest BCUT2D eigenvalue weighted by atomic mass is 10.0. The van der Waals surface area contributed by atoms with E-state index in [0.717, 1.165) is 127 Å². The lowest BCUT2D eigenvalue weighted by molar-refractivity contribution is -0.150. The van der Waals surface area contributed by atoms with Crippen molar-refractivity contribution in [2.24, 2.45) is 20.0 Å². The molecule has 0 spiro atoms. The molecule has 28 heteroatoms. The summed E-state index contributed by atoms with van der Waals surface area (Å²) in [6.45, 7) is 28.7. The van der Waals surface area contributed by atoms with Gasteiger partial charge in [-0.2, -0.15) is 0 Å². The number of fused-ring (bicyclic) bond motifs is 4. The van der Waals surface area contributed by atoms with Crippen LogP contribution in [0.3, 0.4) is 0 Å². The number of benzene rings is 4. The van der Waals surface area contributed by atoms with Gasteiger partial charge < -0.3 is 73.4 Å². The van der Waals surface area contributed by atoms with E-state index < -0.39 is 35.2 Å². The van der Waals surface area contributed by atoms with Gasteiger partial charge in [0.25, 0.3) is 11.6 Å². The molecule has 1 fully saturated rings. The summed E-state index contributed by atoms with van der Waals surface area (Å²) < 4.78 is 43.2. The molecule has 13 heterocycles. The Hall–Kier alpha value is -12.4. The molecular weight excluding hydrogens is 1910 g/mol. The summed E-state index contributed by atoms with van der Waals surface area (Å²) in [5.74, 6) is -0.667. The number of Topliss-reactive ketones (excluding diaryl/α,β-unsaturated/α-hetero) is 2. The van der Waals surface area contributed by atoms with E-state index in [2.05, 4.69) is 195 Å². The standard InChI is InChI=1S/C28H27N3O7.C27H32N4O.C25H26BrN3O3.C20H17I2N3O/c1-6-37-27(34)25(32)22-14(3)18(29-15(22)4)12-19-21(36-5)13-20(30-19)24-23(26(33)28(35)38-7-2)16-10-8-9-11-17(16)31-24;1-4-32-26-16-25(30-24(26)15-23-17(2)14-18(3)29-23)27-21(12-11-19-8-7-13-28-19)20-9-5-6-10-22(20)31-27;1-14-9-15(2)27-18(14)12-20-23(31-6)13-19(28-20)22-11-16-10-17(26)7-8-21(16)29(22)24(30)32-25(3,4)5;1-10-14(23-11(2)18(10)21)8-15-17(26-3)9-16(24-15)20-19(22)12-6-4-5-7-13(12)25-20/h8-13,29-30H,6-7H2,1-5H3;5-6,9-10,14-16,19,28-30H,4,7-8,11-13H2,1-3H3;7-13,27H,1-6H3;4-9,23-24H,1-3H3/b19-12-,24-20?;24-15-,27-25?;20-12-;15-8-,20-16?. The number of carbonyl (C=O) groups excluding carboxylic acids is 5. The molecule has 660 valence electrons. The van der Waals surface area contributed by atoms with Crippen molar-refractivity contribution in [3.05, 3.63) is 296 Å². The van der Waals surface area contributed by atoms with Gasteiger partial charge in [-0.25, -0.2) is 38.9 Å². The van der Waals surface area contributed by atoms with E-state index in [1.165, 1.54) is 56.4 Å². The first-order valence-corrected chi connectivity index (χ1v) is 45.2. The molecule has 0 aliphatic carbocycles. The summed E-state index contributed by atoms with van der Waals surface area (Å²) in [7, 11) is 4.80. The number of methoxy groups -OCH3 is 3. The topological polar surface area (TPSA) is 327 Å². The van der Waals surface area contributed by atoms with Crippen LogP contribution in [0, 0.1) is 59.0 Å². The van der Waals surface area contributed by atoms with Crippen LogP contribution in [0.4, 0.5) is 4.79 Å². The van der Waals surface area contributed by atoms with Crippen LogP contribution >= 0.6 is 61.1 Å². The number of ether oxygens (including phenoxy) is 7. The molecule has 17 rings (SSSR count). The fourth-order valence-corrected chi connectivity index (χ4v) is 17.8. The number of aliphatic imine (C=N–C) groups is 1. The lowest BCUT2D eigenvalue weighted by Crippen LogP contribution is -2.28. The Kier molecular flexibility index (Phi) is 28.3. The van der Waals surface area contributed by atoms with Gasteiger partial charge in [0.2, 0.25) is 0 Å². The second kappa shape index (κ2) is 39.5. The van der Waals surface area contributed by atoms with Crippen LogP contribution in [0.25, 0.3) is 67.0 Å². The van der Waals surface area contributed by atoms with Gasteiger partial charge in [-0.05, 0) is 281 Å². The van der Waals surface area contributed by atoms with E-state index in [0.29, 0.717) is 79.5 Å². The number of nitrogens with one attached hydrogen (secondary N) is 8. The molecule has 8 aromatic heterocycles. The van der Waals surface area contributed by atoms with Gasteiger partial charge >= 0.3 is 18.0 Å². The number of hydrogen-bond acceptors (Lipinski definition) is 17. The van der Waals surface area contributed by atoms with E-state index in [4.69, 9.17) is 48.1 Å². The molecule has 12 aromatic rings. The minimum absolute atomic E-state index is 0.0665. The second-order valence-corrected chi connectivity index (χ2v) is 35.4. The highest BCUT2D eigenvalue weighted by Gasteiger charge is 2.32. The van der Waals surface area contributed by atoms with Crippen LogP contribution in [-0.4, -0.2) is 134 Å². The SMILES string of the molecule is CCOC(=O)C(=O)C1=c2ccccc2=NC1=c1cc(OC)/c(=C/c2[nH]c(C)c(C(=O)C(=O)OCC)c2C)[nH]1.CCOc1cc(=C2N=c3ccccc3=C2CCC2CCCN2)[nH]/c1=C\c1[nH]c(C)cc1C.COC1=CC(c2cc3cc(Br)ccc3n2C(=O)OC(C)(C)C)=N/C1=C\c1[nH]c(C)cc1C.COc1cc(=C2N=c3ccccc3=C2I)[nH]/c1=C\c1[nH]c(C)c(I)c1C. The summed E-state index contributed by atoms with van der Waals surface area (Å²) in [6.07, 6.45) is 14.0. The molecule has 1 atom stereocenters. The van der Waals surface area contributed by atoms with E-state index in [1.54, 1.807) is 82.9 Å². The van der Waals surface area contributed by atoms with Crippen molar-refractivity contribution >= 4 is 163 Å². The number of aryl methyl sites for hydroxylation is 6. The number of carbonyl (C=O) groups is 5. The molecule has 1 unspecified atom stereocenters. The van der Waals surface area contributed by atoms with E-state index in [1.807, 2.05) is 102 Å². The molecule has 5 aliphatic heterocycles. The Balaban J connectivity index is 0.000000139. The minimum atomic E-state index is -0.964. The number of aromatic amines is 7. The zero-order chi connectivity index (χ0) is 91.3. The van der Waals surface area contributed by atoms with Gasteiger partial charge in [0.05, 0.1) is 132 Å². The quantitative estimate of drug-likeness (QED) is 0.0123. The normalized spacial score (nSPS) is 16.3. The number of rotatable bonds is 19. The average Bonchev–Trinajstić information content (AvgIpc) is 1.56. The van der Waals surface area contributed by atoms with Crippen LogP contribution in [0.5, 0.6) is 17.2 Å². The van der Waals surface area contributed by atoms with Gasteiger partial charge in [-0.15, -0.1) is 0 Å². The number of esters is 2. The van der Waals surface area contributed by atoms with Crippen LogP contribution in [-0.2, 0) is 33.3 Å². The van der Waals surface area contributed by atoms with Crippen molar-refractivity contribution in [3.63, 3.8) is 0 Å². The summed E-state index contributed by atoms with van der Waals surface area (Å²) in [4.78, 5) is 106. The Morgan fingerprint density at radius 1 is 0.547 bits per heavy atom. The van der Waals surface area contributed by atoms with Gasteiger partial charge in [0.1, 0.15) is 40.0 Å². The van der Waals surface area contributed by atoms with Crippen LogP contribution in [0.1, 0.15) is 151 Å². The van der Waals surface area contributed by atoms with E-state index >= 15 is 0 Å².